The first-order chi connectivity index (χ1) is 9.93. The van der Waals surface area contributed by atoms with E-state index in [9.17, 15) is 9.18 Å². The van der Waals surface area contributed by atoms with Gasteiger partial charge < -0.3 is 10.1 Å². The average Bonchev–Trinajstić information content (AvgIpc) is 2.77. The fraction of sp³-hybridized carbons (Fsp3) is 0.286. The van der Waals surface area contributed by atoms with Gasteiger partial charge in [-0.3, -0.25) is 0 Å². The minimum absolute atomic E-state index is 0.291. The summed E-state index contributed by atoms with van der Waals surface area (Å²) in [5.41, 5.74) is 2.43. The number of rotatable bonds is 4. The number of hydrogen-bond donors (Lipinski definition) is 1. The van der Waals surface area contributed by atoms with Crippen LogP contribution < -0.4 is 5.32 Å². The zero-order valence-electron chi connectivity index (χ0n) is 11.8. The van der Waals surface area contributed by atoms with Crippen LogP contribution in [0.1, 0.15) is 28.5 Å². The molecule has 4 nitrogen and oxygen atoms in total. The molecule has 2 aromatic rings. The van der Waals surface area contributed by atoms with E-state index in [2.05, 4.69) is 25.6 Å². The van der Waals surface area contributed by atoms with Crippen molar-refractivity contribution in [3.8, 4) is 0 Å². The summed E-state index contributed by atoms with van der Waals surface area (Å²) in [4.78, 5) is 12.0. The maximum Gasteiger partial charge on any atom is 0.343 e. The van der Waals surface area contributed by atoms with E-state index >= 15 is 0 Å². The second-order valence-corrected chi connectivity index (χ2v) is 6.03. The first-order valence-corrected chi connectivity index (χ1v) is 7.86. The van der Waals surface area contributed by atoms with Crippen molar-refractivity contribution in [3.05, 3.63) is 39.2 Å². The molecule has 0 fully saturated rings. The summed E-state index contributed by atoms with van der Waals surface area (Å²) >= 11 is 4.29. The molecule has 112 valence electrons. The summed E-state index contributed by atoms with van der Waals surface area (Å²) in [5.74, 6) is -0.802. The van der Waals surface area contributed by atoms with Crippen LogP contribution in [0.2, 0.25) is 0 Å². The third kappa shape index (κ3) is 3.41. The van der Waals surface area contributed by atoms with Crippen LogP contribution in [0.3, 0.4) is 0 Å². The smallest absolute Gasteiger partial charge is 0.343 e. The molecule has 0 aliphatic rings. The van der Waals surface area contributed by atoms with Crippen molar-refractivity contribution < 1.29 is 13.9 Å². The highest BCUT2D eigenvalue weighted by atomic mass is 79.9. The van der Waals surface area contributed by atoms with Crippen LogP contribution in [-0.4, -0.2) is 16.9 Å². The van der Waals surface area contributed by atoms with Crippen LogP contribution in [-0.2, 0) is 4.74 Å². The lowest BCUT2D eigenvalue weighted by atomic mass is 10.2. The third-order valence-corrected chi connectivity index (χ3v) is 4.32. The molecule has 0 saturated carbocycles. The summed E-state index contributed by atoms with van der Waals surface area (Å²) in [6.45, 7) is 5.63. The summed E-state index contributed by atoms with van der Waals surface area (Å²) in [7, 11) is 0. The third-order valence-electron chi connectivity index (χ3n) is 2.86. The zero-order valence-corrected chi connectivity index (χ0v) is 14.2. The molecule has 7 heteroatoms. The number of aromatic nitrogens is 1. The van der Waals surface area contributed by atoms with E-state index in [0.29, 0.717) is 33.0 Å². The Morgan fingerprint density at radius 3 is 2.86 bits per heavy atom. The van der Waals surface area contributed by atoms with Crippen molar-refractivity contribution in [2.45, 2.75) is 20.8 Å². The van der Waals surface area contributed by atoms with E-state index in [4.69, 9.17) is 4.74 Å². The summed E-state index contributed by atoms with van der Waals surface area (Å²) in [6, 6.07) is 3.05. The average molecular weight is 373 g/mol. The van der Waals surface area contributed by atoms with E-state index in [1.807, 2.05) is 6.92 Å². The second-order valence-electron chi connectivity index (χ2n) is 4.40. The van der Waals surface area contributed by atoms with Gasteiger partial charge in [-0.05, 0) is 65.9 Å². The molecule has 2 rings (SSSR count). The Bertz CT molecular complexity index is 688. The molecule has 1 heterocycles. The lowest BCUT2D eigenvalue weighted by Crippen LogP contribution is -2.08. The topological polar surface area (TPSA) is 51.2 Å². The van der Waals surface area contributed by atoms with E-state index in [-0.39, 0.29) is 5.82 Å². The van der Waals surface area contributed by atoms with Crippen molar-refractivity contribution in [1.82, 2.24) is 4.37 Å². The molecular formula is C14H14BrFN2O2S. The van der Waals surface area contributed by atoms with Gasteiger partial charge in [0, 0.05) is 5.69 Å². The number of benzene rings is 1. The zero-order chi connectivity index (χ0) is 15.6. The van der Waals surface area contributed by atoms with E-state index in [0.717, 1.165) is 17.1 Å². The van der Waals surface area contributed by atoms with Gasteiger partial charge in [-0.2, -0.15) is 4.37 Å². The number of hydrogen-bond acceptors (Lipinski definition) is 5. The fourth-order valence-electron chi connectivity index (χ4n) is 1.80. The van der Waals surface area contributed by atoms with E-state index < -0.39 is 5.97 Å². The number of ether oxygens (including phenoxy) is 1. The van der Waals surface area contributed by atoms with Crippen LogP contribution >= 0.6 is 27.5 Å². The van der Waals surface area contributed by atoms with Crippen molar-refractivity contribution in [2.75, 3.05) is 11.9 Å². The molecular weight excluding hydrogens is 359 g/mol. The number of aryl methyl sites for hydroxylation is 2. The number of halogens is 2. The molecule has 1 aromatic heterocycles. The highest BCUT2D eigenvalue weighted by Crippen LogP contribution is 2.32. The number of nitrogens with one attached hydrogen (secondary N) is 1. The quantitative estimate of drug-likeness (QED) is 0.797. The lowest BCUT2D eigenvalue weighted by Gasteiger charge is -2.10. The van der Waals surface area contributed by atoms with Crippen molar-refractivity contribution >= 4 is 44.1 Å². The fourth-order valence-corrected chi connectivity index (χ4v) is 3.06. The molecule has 0 radical (unpaired) electrons. The van der Waals surface area contributed by atoms with Crippen LogP contribution in [0.4, 0.5) is 15.1 Å². The molecule has 0 bridgehead atoms. The Kier molecular flexibility index (Phi) is 4.95. The normalized spacial score (nSPS) is 10.5. The Balaban J connectivity index is 2.37. The van der Waals surface area contributed by atoms with Gasteiger partial charge >= 0.3 is 5.97 Å². The minimum atomic E-state index is -0.429. The van der Waals surface area contributed by atoms with Crippen LogP contribution in [0, 0.1) is 19.7 Å². The van der Waals surface area contributed by atoms with E-state index in [1.54, 1.807) is 19.9 Å². The maximum atomic E-state index is 13.7. The monoisotopic (exact) mass is 372 g/mol. The number of nitrogens with zero attached hydrogens (tertiary/aromatic N) is 1. The van der Waals surface area contributed by atoms with Crippen LogP contribution in [0.25, 0.3) is 0 Å². The first kappa shape index (κ1) is 15.9. The lowest BCUT2D eigenvalue weighted by molar-refractivity contribution is 0.0527. The largest absolute Gasteiger partial charge is 0.462 e. The molecule has 0 aliphatic heterocycles. The molecule has 1 N–H and O–H groups in total. The Labute approximate surface area is 134 Å². The van der Waals surface area contributed by atoms with Gasteiger partial charge in [0.25, 0.3) is 0 Å². The number of carbonyl (C=O) groups excluding carboxylic acids is 1. The van der Waals surface area contributed by atoms with Crippen LogP contribution in [0.15, 0.2) is 16.6 Å². The molecule has 21 heavy (non-hydrogen) atoms. The number of carbonyl (C=O) groups is 1. The predicted molar refractivity (Wildman–Crippen MR) is 84.9 cm³/mol. The Morgan fingerprint density at radius 2 is 2.19 bits per heavy atom. The minimum Gasteiger partial charge on any atom is -0.462 e. The standard InChI is InChI=1S/C14H14BrFN2O2S/c1-4-20-14(19)12-8(3)18-21-13(12)17-11-6-10(16)9(15)5-7(11)2/h5-6,17H,4H2,1-3H3. The second kappa shape index (κ2) is 6.53. The first-order valence-electron chi connectivity index (χ1n) is 6.30. The highest BCUT2D eigenvalue weighted by molar-refractivity contribution is 9.10. The molecule has 0 amide bonds. The van der Waals surface area contributed by atoms with Gasteiger partial charge in [0.1, 0.15) is 16.4 Å². The molecule has 0 unspecified atom stereocenters. The van der Waals surface area contributed by atoms with Gasteiger partial charge in [0.15, 0.2) is 0 Å². The molecule has 0 spiro atoms. The van der Waals surface area contributed by atoms with Gasteiger partial charge in [0.2, 0.25) is 0 Å². The molecule has 0 aliphatic carbocycles. The summed E-state index contributed by atoms with van der Waals surface area (Å²) in [6.07, 6.45) is 0. The summed E-state index contributed by atoms with van der Waals surface area (Å²) in [5, 5.41) is 3.61. The SMILES string of the molecule is CCOC(=O)c1c(C)nsc1Nc1cc(F)c(Br)cc1C. The van der Waals surface area contributed by atoms with Gasteiger partial charge in [-0.1, -0.05) is 0 Å². The number of anilines is 2. The molecule has 0 atom stereocenters. The van der Waals surface area contributed by atoms with E-state index in [1.165, 1.54) is 6.07 Å². The Hall–Kier alpha value is -1.47. The molecule has 0 saturated heterocycles. The van der Waals surface area contributed by atoms with Crippen molar-refractivity contribution in [1.29, 1.82) is 0 Å². The van der Waals surface area contributed by atoms with Crippen molar-refractivity contribution in [3.63, 3.8) is 0 Å². The van der Waals surface area contributed by atoms with Gasteiger partial charge in [-0.25, -0.2) is 9.18 Å². The predicted octanol–water partition coefficient (Wildman–Crippen LogP) is 4.58. The number of esters is 1. The highest BCUT2D eigenvalue weighted by Gasteiger charge is 2.20. The van der Waals surface area contributed by atoms with Crippen molar-refractivity contribution in [2.24, 2.45) is 0 Å². The maximum absolute atomic E-state index is 13.7. The molecule has 1 aromatic carbocycles. The van der Waals surface area contributed by atoms with Gasteiger partial charge in [-0.15, -0.1) is 0 Å². The Morgan fingerprint density at radius 1 is 1.48 bits per heavy atom. The van der Waals surface area contributed by atoms with Gasteiger partial charge in [0.05, 0.1) is 16.8 Å². The van der Waals surface area contributed by atoms with Crippen LogP contribution in [0.5, 0.6) is 0 Å². The summed E-state index contributed by atoms with van der Waals surface area (Å²) < 4.78 is 23.2.